The Balaban J connectivity index is 2.95. The molecule has 0 heterocycles. The van der Waals surface area contributed by atoms with Crippen molar-refractivity contribution in [1.82, 2.24) is 0 Å². The molecule has 0 fully saturated rings. The fourth-order valence-electron chi connectivity index (χ4n) is 1.06. The van der Waals surface area contributed by atoms with Gasteiger partial charge in [0.1, 0.15) is 14.4 Å². The van der Waals surface area contributed by atoms with Gasteiger partial charge in [0.25, 0.3) is 0 Å². The molecule has 1 aromatic carbocycles. The Kier molecular flexibility index (Phi) is 3.95. The third-order valence-corrected chi connectivity index (χ3v) is 7.94. The maximum atomic E-state index is 10.5. The van der Waals surface area contributed by atoms with Crippen LogP contribution in [-0.4, -0.2) is 14.4 Å². The maximum Gasteiger partial charge on any atom is 0.150 e. The van der Waals surface area contributed by atoms with Gasteiger partial charge < -0.3 is 0 Å². The van der Waals surface area contributed by atoms with Gasteiger partial charge in [-0.2, -0.15) is 0 Å². The highest BCUT2D eigenvalue weighted by Gasteiger charge is 2.33. The topological polar surface area (TPSA) is 17.1 Å². The van der Waals surface area contributed by atoms with Gasteiger partial charge in [0.2, 0.25) is 0 Å². The van der Waals surface area contributed by atoms with E-state index in [2.05, 4.69) is 45.3 Å². The number of carbonyl (C=O) groups excluding carboxylic acids is 1. The van der Waals surface area contributed by atoms with Crippen molar-refractivity contribution < 1.29 is 4.79 Å². The molecule has 0 saturated carbocycles. The Morgan fingerprint density at radius 1 is 1.12 bits per heavy atom. The highest BCUT2D eigenvalue weighted by molar-refractivity contribution is 6.87. The molecule has 0 N–H and O–H groups in total. The highest BCUT2D eigenvalue weighted by atomic mass is 28.3. The first kappa shape index (κ1) is 13.7. The van der Waals surface area contributed by atoms with Crippen LogP contribution in [-0.2, 0) is 0 Å². The third kappa shape index (κ3) is 3.57. The molecule has 17 heavy (non-hydrogen) atoms. The molecule has 2 heteroatoms. The molecule has 0 saturated heterocycles. The van der Waals surface area contributed by atoms with E-state index in [1.807, 2.05) is 24.3 Å². The second-order valence-electron chi connectivity index (χ2n) is 5.86. The molecule has 90 valence electrons. The van der Waals surface area contributed by atoms with Crippen molar-refractivity contribution in [3.8, 4) is 11.5 Å². The quantitative estimate of drug-likeness (QED) is 0.416. The molecule has 0 atom stereocenters. The Morgan fingerprint density at radius 2 is 1.65 bits per heavy atom. The van der Waals surface area contributed by atoms with E-state index in [0.29, 0.717) is 5.56 Å². The number of carbonyl (C=O) groups is 1. The summed E-state index contributed by atoms with van der Waals surface area (Å²) >= 11 is 0. The van der Waals surface area contributed by atoms with Crippen LogP contribution in [0, 0.1) is 11.5 Å². The van der Waals surface area contributed by atoms with Gasteiger partial charge in [0, 0.05) is 11.1 Å². The molecule has 0 aliphatic rings. The molecule has 1 aromatic rings. The molecule has 0 aliphatic carbocycles. The lowest BCUT2D eigenvalue weighted by molar-refractivity contribution is 0.112. The second kappa shape index (κ2) is 4.89. The molecule has 0 radical (unpaired) electrons. The van der Waals surface area contributed by atoms with Crippen molar-refractivity contribution in [3.63, 3.8) is 0 Å². The van der Waals surface area contributed by atoms with E-state index in [0.717, 1.165) is 11.8 Å². The molecule has 0 aromatic heterocycles. The fraction of sp³-hybridized carbons (Fsp3) is 0.400. The first-order valence-electron chi connectivity index (χ1n) is 5.85. The Bertz CT molecular complexity index is 452. The van der Waals surface area contributed by atoms with Gasteiger partial charge >= 0.3 is 0 Å². The second-order valence-corrected chi connectivity index (χ2v) is 10.9. The zero-order valence-corrected chi connectivity index (χ0v) is 12.3. The van der Waals surface area contributed by atoms with Gasteiger partial charge in [-0.05, 0) is 17.2 Å². The predicted molar refractivity (Wildman–Crippen MR) is 75.9 cm³/mol. The van der Waals surface area contributed by atoms with Gasteiger partial charge in [-0.15, -0.1) is 5.54 Å². The first-order chi connectivity index (χ1) is 7.76. The molecule has 0 bridgehead atoms. The summed E-state index contributed by atoms with van der Waals surface area (Å²) in [5.41, 5.74) is 5.14. The van der Waals surface area contributed by atoms with Crippen molar-refractivity contribution in [2.75, 3.05) is 0 Å². The van der Waals surface area contributed by atoms with Gasteiger partial charge in [-0.3, -0.25) is 4.79 Å². The molecule has 0 unspecified atom stereocenters. The van der Waals surface area contributed by atoms with E-state index < -0.39 is 8.07 Å². The monoisotopic (exact) mass is 244 g/mol. The minimum atomic E-state index is -1.54. The van der Waals surface area contributed by atoms with Crippen LogP contribution in [0.2, 0.25) is 18.1 Å². The van der Waals surface area contributed by atoms with E-state index in [9.17, 15) is 4.79 Å². The van der Waals surface area contributed by atoms with Crippen LogP contribution in [0.3, 0.4) is 0 Å². The van der Waals surface area contributed by atoms with E-state index in [-0.39, 0.29) is 5.04 Å². The van der Waals surface area contributed by atoms with Crippen molar-refractivity contribution >= 4 is 14.4 Å². The zero-order valence-electron chi connectivity index (χ0n) is 11.3. The zero-order chi connectivity index (χ0) is 13.1. The summed E-state index contributed by atoms with van der Waals surface area (Å²) in [7, 11) is -1.54. The van der Waals surface area contributed by atoms with Gasteiger partial charge in [-0.25, -0.2) is 0 Å². The number of benzene rings is 1. The van der Waals surface area contributed by atoms with Gasteiger partial charge in [-0.1, -0.05) is 51.9 Å². The molecule has 0 amide bonds. The lowest BCUT2D eigenvalue weighted by Gasteiger charge is -2.31. The molecule has 1 nitrogen and oxygen atoms in total. The number of hydrogen-bond acceptors (Lipinski definition) is 1. The summed E-state index contributed by atoms with van der Waals surface area (Å²) in [4.78, 5) is 10.5. The lowest BCUT2D eigenvalue weighted by Crippen LogP contribution is -2.35. The van der Waals surface area contributed by atoms with E-state index in [1.54, 1.807) is 0 Å². The normalized spacial score (nSPS) is 11.6. The molecular weight excluding hydrogens is 224 g/mol. The Labute approximate surface area is 105 Å². The molecular formula is C15H20OSi. The van der Waals surface area contributed by atoms with Crippen LogP contribution in [0.4, 0.5) is 0 Å². The predicted octanol–water partition coefficient (Wildman–Crippen LogP) is 3.90. The smallest absolute Gasteiger partial charge is 0.150 e. The van der Waals surface area contributed by atoms with Crippen molar-refractivity contribution in [2.24, 2.45) is 0 Å². The van der Waals surface area contributed by atoms with E-state index in [4.69, 9.17) is 0 Å². The SMILES string of the molecule is CC(C)(C)[Si](C)(C)C#Cc1ccc(C=O)cc1. The summed E-state index contributed by atoms with van der Waals surface area (Å²) in [6.45, 7) is 11.3. The summed E-state index contributed by atoms with van der Waals surface area (Å²) in [6, 6.07) is 7.43. The van der Waals surface area contributed by atoms with Gasteiger partial charge in [0.05, 0.1) is 0 Å². The van der Waals surface area contributed by atoms with Gasteiger partial charge in [0.15, 0.2) is 0 Å². The van der Waals surface area contributed by atoms with Crippen LogP contribution < -0.4 is 0 Å². The highest BCUT2D eigenvalue weighted by Crippen LogP contribution is 2.35. The Morgan fingerprint density at radius 3 is 2.06 bits per heavy atom. The third-order valence-electron chi connectivity index (χ3n) is 3.44. The lowest BCUT2D eigenvalue weighted by atomic mass is 10.2. The summed E-state index contributed by atoms with van der Waals surface area (Å²) < 4.78 is 0. The number of hydrogen-bond donors (Lipinski definition) is 0. The Hall–Kier alpha value is -1.33. The minimum absolute atomic E-state index is 0.280. The van der Waals surface area contributed by atoms with E-state index in [1.165, 1.54) is 0 Å². The summed E-state index contributed by atoms with van der Waals surface area (Å²) in [5.74, 6) is 3.24. The van der Waals surface area contributed by atoms with Crippen LogP contribution in [0.1, 0.15) is 36.7 Å². The van der Waals surface area contributed by atoms with Crippen LogP contribution >= 0.6 is 0 Å². The summed E-state index contributed by atoms with van der Waals surface area (Å²) in [6.07, 6.45) is 0.852. The molecule has 1 rings (SSSR count). The average molecular weight is 244 g/mol. The average Bonchev–Trinajstić information content (AvgIpc) is 2.25. The van der Waals surface area contributed by atoms with Crippen LogP contribution in [0.25, 0.3) is 0 Å². The van der Waals surface area contributed by atoms with E-state index >= 15 is 0 Å². The largest absolute Gasteiger partial charge is 0.298 e. The summed E-state index contributed by atoms with van der Waals surface area (Å²) in [5, 5.41) is 0.280. The molecule has 0 spiro atoms. The van der Waals surface area contributed by atoms with Crippen molar-refractivity contribution in [1.29, 1.82) is 0 Å². The first-order valence-corrected chi connectivity index (χ1v) is 8.85. The number of rotatable bonds is 1. The maximum absolute atomic E-state index is 10.5. The van der Waals surface area contributed by atoms with Crippen molar-refractivity contribution in [2.45, 2.75) is 38.9 Å². The minimum Gasteiger partial charge on any atom is -0.298 e. The standard InChI is InChI=1S/C15H20OSi/c1-15(2,3)17(4,5)11-10-13-6-8-14(12-16)9-7-13/h6-9,12H,1-5H3. The fourth-order valence-corrected chi connectivity index (χ4v) is 1.89. The van der Waals surface area contributed by atoms with Crippen LogP contribution in [0.15, 0.2) is 24.3 Å². The molecule has 0 aliphatic heterocycles. The number of aldehydes is 1. The van der Waals surface area contributed by atoms with Crippen LogP contribution in [0.5, 0.6) is 0 Å². The van der Waals surface area contributed by atoms with Crippen molar-refractivity contribution in [3.05, 3.63) is 35.4 Å².